The van der Waals surface area contributed by atoms with Crippen molar-refractivity contribution in [3.63, 3.8) is 0 Å². The van der Waals surface area contributed by atoms with Gasteiger partial charge in [0.25, 0.3) is 5.91 Å². The number of para-hydroxylation sites is 1. The molecule has 0 fully saturated rings. The number of amides is 1. The van der Waals surface area contributed by atoms with Gasteiger partial charge in [0.2, 0.25) is 0 Å². The average Bonchev–Trinajstić information content (AvgIpc) is 2.72. The number of benzene rings is 2. The smallest absolute Gasteiger partial charge is 0.338 e. The van der Waals surface area contributed by atoms with E-state index in [1.54, 1.807) is 24.3 Å². The molecule has 2 aromatic carbocycles. The third kappa shape index (κ3) is 7.60. The van der Waals surface area contributed by atoms with Gasteiger partial charge in [-0.3, -0.25) is 4.79 Å². The van der Waals surface area contributed by atoms with Gasteiger partial charge in [-0.2, -0.15) is 0 Å². The third-order valence-corrected chi connectivity index (χ3v) is 4.54. The second kappa shape index (κ2) is 11.9. The van der Waals surface area contributed by atoms with Crippen LogP contribution in [0.15, 0.2) is 48.5 Å². The van der Waals surface area contributed by atoms with Crippen LogP contribution in [0.25, 0.3) is 0 Å². The Hall–Kier alpha value is -2.82. The summed E-state index contributed by atoms with van der Waals surface area (Å²) >= 11 is 0. The maximum Gasteiger partial charge on any atom is 0.338 e. The number of carbonyl (C=O) groups is 2. The van der Waals surface area contributed by atoms with Crippen molar-refractivity contribution >= 4 is 17.6 Å². The van der Waals surface area contributed by atoms with Gasteiger partial charge < -0.3 is 14.8 Å². The molecule has 0 spiro atoms. The molecule has 29 heavy (non-hydrogen) atoms. The van der Waals surface area contributed by atoms with Crippen LogP contribution in [0.5, 0.6) is 5.75 Å². The molecule has 0 aliphatic carbocycles. The summed E-state index contributed by atoms with van der Waals surface area (Å²) in [6.45, 7) is 6.67. The first-order valence-electron chi connectivity index (χ1n) is 10.3. The lowest BCUT2D eigenvalue weighted by Crippen LogP contribution is -2.20. The fourth-order valence-corrected chi connectivity index (χ4v) is 2.90. The van der Waals surface area contributed by atoms with Gasteiger partial charge in [0, 0.05) is 5.69 Å². The summed E-state index contributed by atoms with van der Waals surface area (Å²) in [5.74, 6) is 0.436. The van der Waals surface area contributed by atoms with Crippen molar-refractivity contribution in [1.82, 2.24) is 0 Å². The maximum absolute atomic E-state index is 12.2. The molecule has 0 atom stereocenters. The Morgan fingerprint density at radius 1 is 0.966 bits per heavy atom. The monoisotopic (exact) mass is 397 g/mol. The Morgan fingerprint density at radius 3 is 2.38 bits per heavy atom. The van der Waals surface area contributed by atoms with Crippen LogP contribution in [0.1, 0.15) is 68.3 Å². The lowest BCUT2D eigenvalue weighted by Gasteiger charge is -2.13. The van der Waals surface area contributed by atoms with Crippen molar-refractivity contribution in [2.75, 3.05) is 18.5 Å². The molecule has 0 heterocycles. The molecule has 0 aliphatic heterocycles. The molecule has 5 nitrogen and oxygen atoms in total. The van der Waals surface area contributed by atoms with Crippen molar-refractivity contribution in [3.05, 3.63) is 59.7 Å². The van der Waals surface area contributed by atoms with E-state index in [1.165, 1.54) is 0 Å². The van der Waals surface area contributed by atoms with Crippen molar-refractivity contribution in [3.8, 4) is 5.75 Å². The van der Waals surface area contributed by atoms with Crippen LogP contribution in [0.4, 0.5) is 5.69 Å². The number of anilines is 1. The highest BCUT2D eigenvalue weighted by atomic mass is 16.5. The Bertz CT molecular complexity index is 784. The zero-order valence-electron chi connectivity index (χ0n) is 17.6. The van der Waals surface area contributed by atoms with Gasteiger partial charge >= 0.3 is 5.97 Å². The fourth-order valence-electron chi connectivity index (χ4n) is 2.90. The number of hydrogen-bond donors (Lipinski definition) is 1. The molecule has 5 heteroatoms. The normalized spacial score (nSPS) is 10.6. The number of unbranched alkanes of at least 4 members (excludes halogenated alkanes) is 3. The molecule has 1 N–H and O–H groups in total. The summed E-state index contributed by atoms with van der Waals surface area (Å²) in [4.78, 5) is 24.2. The van der Waals surface area contributed by atoms with Crippen LogP contribution in [0.3, 0.4) is 0 Å². The lowest BCUT2D eigenvalue weighted by molar-refractivity contribution is -0.118. The minimum atomic E-state index is -0.340. The van der Waals surface area contributed by atoms with E-state index in [2.05, 4.69) is 26.1 Å². The number of ether oxygens (including phenoxy) is 2. The van der Waals surface area contributed by atoms with Crippen molar-refractivity contribution in [2.45, 2.75) is 52.4 Å². The SMILES string of the molecule is CCCCCCOC(=O)c1ccc(NC(=O)COc2ccccc2C(C)C)cc1. The second-order valence-electron chi connectivity index (χ2n) is 7.30. The number of carbonyl (C=O) groups excluding carboxylic acids is 2. The average molecular weight is 398 g/mol. The van der Waals surface area contributed by atoms with Crippen LogP contribution in [0.2, 0.25) is 0 Å². The van der Waals surface area contributed by atoms with E-state index in [1.807, 2.05) is 24.3 Å². The van der Waals surface area contributed by atoms with E-state index < -0.39 is 0 Å². The third-order valence-electron chi connectivity index (χ3n) is 4.54. The first-order valence-corrected chi connectivity index (χ1v) is 10.3. The van der Waals surface area contributed by atoms with Gasteiger partial charge in [-0.1, -0.05) is 58.2 Å². The van der Waals surface area contributed by atoms with E-state index >= 15 is 0 Å². The molecule has 1 amide bonds. The van der Waals surface area contributed by atoms with Gasteiger partial charge in [-0.05, 0) is 48.2 Å². The highest BCUT2D eigenvalue weighted by Crippen LogP contribution is 2.25. The molecular formula is C24H31NO4. The number of hydrogen-bond acceptors (Lipinski definition) is 4. The Morgan fingerprint density at radius 2 is 1.69 bits per heavy atom. The summed E-state index contributed by atoms with van der Waals surface area (Å²) in [6.07, 6.45) is 4.25. The predicted octanol–water partition coefficient (Wildman–Crippen LogP) is 5.56. The summed E-state index contributed by atoms with van der Waals surface area (Å²) in [6, 6.07) is 14.4. The molecule has 0 bridgehead atoms. The van der Waals surface area contributed by atoms with Crippen LogP contribution in [0, 0.1) is 0 Å². The van der Waals surface area contributed by atoms with Crippen LogP contribution in [-0.4, -0.2) is 25.1 Å². The van der Waals surface area contributed by atoms with Gasteiger partial charge in [0.15, 0.2) is 6.61 Å². The van der Waals surface area contributed by atoms with Crippen LogP contribution >= 0.6 is 0 Å². The number of nitrogens with one attached hydrogen (secondary N) is 1. The highest BCUT2D eigenvalue weighted by Gasteiger charge is 2.11. The van der Waals surface area contributed by atoms with Gasteiger partial charge in [-0.15, -0.1) is 0 Å². The summed E-state index contributed by atoms with van der Waals surface area (Å²) in [5.41, 5.74) is 2.15. The van der Waals surface area contributed by atoms with E-state index in [4.69, 9.17) is 9.47 Å². The molecule has 0 aromatic heterocycles. The Kier molecular flexibility index (Phi) is 9.22. The standard InChI is InChI=1S/C24H31NO4/c1-4-5-6-9-16-28-24(27)19-12-14-20(15-13-19)25-23(26)17-29-22-11-8-7-10-21(22)18(2)3/h7-8,10-15,18H,4-6,9,16-17H2,1-3H3,(H,25,26). The topological polar surface area (TPSA) is 64.6 Å². The van der Waals surface area contributed by atoms with Gasteiger partial charge in [0.05, 0.1) is 12.2 Å². The molecular weight excluding hydrogens is 366 g/mol. The van der Waals surface area contributed by atoms with Crippen molar-refractivity contribution in [2.24, 2.45) is 0 Å². The first kappa shape index (κ1) is 22.5. The minimum Gasteiger partial charge on any atom is -0.483 e. The Labute approximate surface area is 173 Å². The minimum absolute atomic E-state index is 0.0781. The van der Waals surface area contributed by atoms with E-state index in [0.29, 0.717) is 23.8 Å². The quantitative estimate of drug-likeness (QED) is 0.398. The van der Waals surface area contributed by atoms with Gasteiger partial charge in [-0.25, -0.2) is 4.79 Å². The highest BCUT2D eigenvalue weighted by molar-refractivity contribution is 5.93. The Balaban J connectivity index is 1.80. The molecule has 0 aliphatic rings. The molecule has 2 aromatic rings. The number of esters is 1. The summed E-state index contributed by atoms with van der Waals surface area (Å²) in [7, 11) is 0. The van der Waals surface area contributed by atoms with Crippen molar-refractivity contribution < 1.29 is 19.1 Å². The van der Waals surface area contributed by atoms with E-state index in [9.17, 15) is 9.59 Å². The molecule has 2 rings (SSSR count). The summed E-state index contributed by atoms with van der Waals surface area (Å²) < 4.78 is 10.9. The second-order valence-corrected chi connectivity index (χ2v) is 7.30. The zero-order valence-corrected chi connectivity index (χ0v) is 17.6. The van der Waals surface area contributed by atoms with Crippen molar-refractivity contribution in [1.29, 1.82) is 0 Å². The van der Waals surface area contributed by atoms with Crippen LogP contribution < -0.4 is 10.1 Å². The fraction of sp³-hybridized carbons (Fsp3) is 0.417. The molecule has 156 valence electrons. The number of rotatable bonds is 11. The molecule has 0 unspecified atom stereocenters. The zero-order chi connectivity index (χ0) is 21.1. The largest absolute Gasteiger partial charge is 0.483 e. The lowest BCUT2D eigenvalue weighted by atomic mass is 10.0. The first-order chi connectivity index (χ1) is 14.0. The van der Waals surface area contributed by atoms with Gasteiger partial charge in [0.1, 0.15) is 5.75 Å². The molecule has 0 saturated heterocycles. The summed E-state index contributed by atoms with van der Waals surface area (Å²) in [5, 5.41) is 2.78. The van der Waals surface area contributed by atoms with E-state index in [0.717, 1.165) is 37.0 Å². The van der Waals surface area contributed by atoms with E-state index in [-0.39, 0.29) is 18.5 Å². The predicted molar refractivity (Wildman–Crippen MR) is 116 cm³/mol. The molecule has 0 radical (unpaired) electrons. The maximum atomic E-state index is 12.2. The molecule has 0 saturated carbocycles. The van der Waals surface area contributed by atoms with Crippen LogP contribution in [-0.2, 0) is 9.53 Å².